The van der Waals surface area contributed by atoms with E-state index >= 15 is 0 Å². The Kier molecular flexibility index (Phi) is 3.83. The zero-order valence-corrected chi connectivity index (χ0v) is 9.82. The van der Waals surface area contributed by atoms with Crippen LogP contribution in [0.5, 0.6) is 0 Å². The minimum absolute atomic E-state index is 0.214. The van der Waals surface area contributed by atoms with Gasteiger partial charge in [0.2, 0.25) is 10.0 Å². The highest BCUT2D eigenvalue weighted by Gasteiger charge is 2.26. The molecule has 0 bridgehead atoms. The van der Waals surface area contributed by atoms with Crippen LogP contribution in [0.3, 0.4) is 0 Å². The Morgan fingerprint density at radius 3 is 2.71 bits per heavy atom. The molecule has 0 unspecified atom stereocenters. The van der Waals surface area contributed by atoms with Crippen LogP contribution < -0.4 is 4.72 Å². The number of nitro benzene ring substituents is 1. The number of hydrogen-bond donors (Lipinski definition) is 1. The van der Waals surface area contributed by atoms with E-state index in [4.69, 9.17) is 6.42 Å². The van der Waals surface area contributed by atoms with E-state index < -0.39 is 20.6 Å². The zero-order chi connectivity index (χ0) is 13.1. The topological polar surface area (TPSA) is 89.3 Å². The molecule has 0 fully saturated rings. The maximum absolute atomic E-state index is 11.8. The van der Waals surface area contributed by atoms with Crippen LogP contribution in [0.1, 0.15) is 5.56 Å². The largest absolute Gasteiger partial charge is 0.289 e. The number of sulfonamides is 1. The molecule has 6 nitrogen and oxygen atoms in total. The summed E-state index contributed by atoms with van der Waals surface area (Å²) >= 11 is 0. The van der Waals surface area contributed by atoms with E-state index in [9.17, 15) is 18.5 Å². The summed E-state index contributed by atoms with van der Waals surface area (Å²) < 4.78 is 25.7. The van der Waals surface area contributed by atoms with Crippen molar-refractivity contribution in [3.63, 3.8) is 0 Å². The molecule has 7 heteroatoms. The van der Waals surface area contributed by atoms with Gasteiger partial charge in [0, 0.05) is 6.07 Å². The number of benzene rings is 1. The molecular formula is C10H10N2O4S. The minimum Gasteiger partial charge on any atom is -0.258 e. The van der Waals surface area contributed by atoms with Crippen LogP contribution in [0.25, 0.3) is 0 Å². The second kappa shape index (κ2) is 4.95. The zero-order valence-electron chi connectivity index (χ0n) is 9.00. The summed E-state index contributed by atoms with van der Waals surface area (Å²) in [7, 11) is -3.96. The van der Waals surface area contributed by atoms with Gasteiger partial charge in [-0.1, -0.05) is 18.1 Å². The summed E-state index contributed by atoms with van der Waals surface area (Å²) in [5, 5.41) is 10.8. The number of nitrogens with zero attached hydrogens (tertiary/aromatic N) is 1. The van der Waals surface area contributed by atoms with Crippen molar-refractivity contribution in [1.29, 1.82) is 0 Å². The molecule has 0 heterocycles. The molecule has 0 aliphatic heterocycles. The molecule has 17 heavy (non-hydrogen) atoms. The normalized spacial score (nSPS) is 10.8. The van der Waals surface area contributed by atoms with Crippen molar-refractivity contribution in [1.82, 2.24) is 4.72 Å². The molecule has 1 aromatic rings. The summed E-state index contributed by atoms with van der Waals surface area (Å²) in [6, 6.07) is 4.04. The van der Waals surface area contributed by atoms with Gasteiger partial charge in [-0.05, 0) is 12.5 Å². The molecule has 0 radical (unpaired) electrons. The summed E-state index contributed by atoms with van der Waals surface area (Å²) in [6.07, 6.45) is 4.94. The van der Waals surface area contributed by atoms with Crippen LogP contribution in [-0.4, -0.2) is 19.9 Å². The second-order valence-electron chi connectivity index (χ2n) is 3.21. The predicted molar refractivity (Wildman–Crippen MR) is 61.9 cm³/mol. The first-order chi connectivity index (χ1) is 7.90. The van der Waals surface area contributed by atoms with Crippen molar-refractivity contribution in [3.05, 3.63) is 33.9 Å². The van der Waals surface area contributed by atoms with E-state index in [0.717, 1.165) is 6.07 Å². The molecule has 0 aliphatic rings. The first-order valence-corrected chi connectivity index (χ1v) is 6.05. The van der Waals surface area contributed by atoms with E-state index in [2.05, 4.69) is 10.6 Å². The van der Waals surface area contributed by atoms with E-state index in [1.165, 1.54) is 19.1 Å². The molecule has 1 N–H and O–H groups in total. The Morgan fingerprint density at radius 1 is 1.53 bits per heavy atom. The van der Waals surface area contributed by atoms with Crippen molar-refractivity contribution in [2.45, 2.75) is 11.8 Å². The lowest BCUT2D eigenvalue weighted by molar-refractivity contribution is -0.387. The van der Waals surface area contributed by atoms with Crippen LogP contribution in [0.4, 0.5) is 5.69 Å². The Balaban J connectivity index is 3.40. The average molecular weight is 254 g/mol. The summed E-state index contributed by atoms with van der Waals surface area (Å²) in [5.41, 5.74) is -0.168. The third kappa shape index (κ3) is 2.81. The SMILES string of the molecule is C#CCNS(=O)(=O)c1c(C)cccc1[N+](=O)[O-]. The van der Waals surface area contributed by atoms with E-state index in [0.29, 0.717) is 5.56 Å². The number of rotatable bonds is 4. The number of terminal acetylenes is 1. The Hall–Kier alpha value is -1.91. The van der Waals surface area contributed by atoms with Gasteiger partial charge in [0.15, 0.2) is 4.90 Å². The molecule has 0 amide bonds. The van der Waals surface area contributed by atoms with Gasteiger partial charge in [-0.15, -0.1) is 6.42 Å². The number of aryl methyl sites for hydroxylation is 1. The molecule has 90 valence electrons. The Bertz CT molecular complexity index is 587. The standard InChI is InChI=1S/C10H10N2O4S/c1-3-7-11-17(15,16)10-8(2)5-4-6-9(10)12(13)14/h1,4-6,11H,7H2,2H3. The molecule has 0 saturated carbocycles. The van der Waals surface area contributed by atoms with Gasteiger partial charge in [-0.3, -0.25) is 10.1 Å². The molecule has 1 aromatic carbocycles. The first-order valence-electron chi connectivity index (χ1n) is 4.57. The van der Waals surface area contributed by atoms with Gasteiger partial charge >= 0.3 is 0 Å². The quantitative estimate of drug-likeness (QED) is 0.489. The summed E-state index contributed by atoms with van der Waals surface area (Å²) in [4.78, 5) is 9.68. The van der Waals surface area contributed by atoms with Crippen molar-refractivity contribution >= 4 is 15.7 Å². The highest BCUT2D eigenvalue weighted by molar-refractivity contribution is 7.89. The van der Waals surface area contributed by atoms with Crippen molar-refractivity contribution < 1.29 is 13.3 Å². The number of nitrogens with one attached hydrogen (secondary N) is 1. The fourth-order valence-corrected chi connectivity index (χ4v) is 2.67. The van der Waals surface area contributed by atoms with Crippen molar-refractivity contribution in [2.24, 2.45) is 0 Å². The van der Waals surface area contributed by atoms with Crippen LogP contribution in [-0.2, 0) is 10.0 Å². The van der Waals surface area contributed by atoms with Gasteiger partial charge in [0.1, 0.15) is 0 Å². The van der Waals surface area contributed by atoms with Crippen molar-refractivity contribution in [2.75, 3.05) is 6.54 Å². The van der Waals surface area contributed by atoms with Gasteiger partial charge in [-0.25, -0.2) is 8.42 Å². The first kappa shape index (κ1) is 13.2. The third-order valence-corrected chi connectivity index (χ3v) is 3.61. The monoisotopic (exact) mass is 254 g/mol. The molecule has 0 aromatic heterocycles. The molecule has 0 saturated heterocycles. The fourth-order valence-electron chi connectivity index (χ4n) is 1.34. The Morgan fingerprint density at radius 2 is 2.18 bits per heavy atom. The van der Waals surface area contributed by atoms with Crippen molar-refractivity contribution in [3.8, 4) is 12.3 Å². The van der Waals surface area contributed by atoms with Gasteiger partial charge < -0.3 is 0 Å². The summed E-state index contributed by atoms with van der Waals surface area (Å²) in [6.45, 7) is 1.27. The second-order valence-corrected chi connectivity index (χ2v) is 4.91. The molecule has 0 spiro atoms. The lowest BCUT2D eigenvalue weighted by Gasteiger charge is -2.07. The molecule has 0 atom stereocenters. The minimum atomic E-state index is -3.96. The smallest absolute Gasteiger partial charge is 0.258 e. The number of nitro groups is 1. The Labute approximate surface area is 98.9 Å². The average Bonchev–Trinajstić information content (AvgIpc) is 2.25. The van der Waals surface area contributed by atoms with Gasteiger partial charge in [0.05, 0.1) is 11.5 Å². The highest BCUT2D eigenvalue weighted by Crippen LogP contribution is 2.26. The van der Waals surface area contributed by atoms with Crippen LogP contribution in [0.15, 0.2) is 23.1 Å². The van der Waals surface area contributed by atoms with E-state index in [-0.39, 0.29) is 11.4 Å². The molecular weight excluding hydrogens is 244 g/mol. The maximum Gasteiger partial charge on any atom is 0.289 e. The lowest BCUT2D eigenvalue weighted by Crippen LogP contribution is -2.25. The molecule has 0 aliphatic carbocycles. The van der Waals surface area contributed by atoms with Gasteiger partial charge in [-0.2, -0.15) is 4.72 Å². The highest BCUT2D eigenvalue weighted by atomic mass is 32.2. The van der Waals surface area contributed by atoms with Crippen LogP contribution in [0.2, 0.25) is 0 Å². The lowest BCUT2D eigenvalue weighted by atomic mass is 10.2. The van der Waals surface area contributed by atoms with E-state index in [1.807, 2.05) is 0 Å². The van der Waals surface area contributed by atoms with Crippen LogP contribution >= 0.6 is 0 Å². The van der Waals surface area contributed by atoms with E-state index in [1.54, 1.807) is 0 Å². The third-order valence-electron chi connectivity index (χ3n) is 2.02. The van der Waals surface area contributed by atoms with Gasteiger partial charge in [0.25, 0.3) is 5.69 Å². The predicted octanol–water partition coefficient (Wildman–Crippen LogP) is 0.815. The van der Waals surface area contributed by atoms with Crippen LogP contribution in [0, 0.1) is 29.4 Å². The number of hydrogen-bond acceptors (Lipinski definition) is 4. The maximum atomic E-state index is 11.8. The summed E-state index contributed by atoms with van der Waals surface area (Å²) in [5.74, 6) is 2.10. The molecule has 1 rings (SSSR count). The fraction of sp³-hybridized carbons (Fsp3) is 0.200.